The van der Waals surface area contributed by atoms with Gasteiger partial charge < -0.3 is 4.79 Å². The van der Waals surface area contributed by atoms with E-state index in [0.717, 1.165) is 37.7 Å². The maximum Gasteiger partial charge on any atom is 0.276 e. The zero-order chi connectivity index (χ0) is 16.8. The predicted octanol–water partition coefficient (Wildman–Crippen LogP) is 4.18. The predicted molar refractivity (Wildman–Crippen MR) is 97.4 cm³/mol. The van der Waals surface area contributed by atoms with Gasteiger partial charge >= 0.3 is 0 Å². The maximum absolute atomic E-state index is 12.4. The van der Waals surface area contributed by atoms with Gasteiger partial charge in [-0.25, -0.2) is 3.63 Å². The van der Waals surface area contributed by atoms with Crippen LogP contribution in [0.1, 0.15) is 71.1 Å². The van der Waals surface area contributed by atoms with Crippen LogP contribution in [-0.2, 0) is 18.5 Å². The molecule has 1 heterocycles. The van der Waals surface area contributed by atoms with Crippen molar-refractivity contribution in [2.45, 2.75) is 76.4 Å². The molecule has 0 radical (unpaired) electrons. The van der Waals surface area contributed by atoms with Gasteiger partial charge in [0.15, 0.2) is 0 Å². The van der Waals surface area contributed by atoms with Gasteiger partial charge in [-0.15, -0.1) is 10.3 Å². The van der Waals surface area contributed by atoms with Gasteiger partial charge in [0.1, 0.15) is 6.29 Å². The molecule has 2 unspecified atom stereocenters. The molecule has 0 aromatic heterocycles. The Morgan fingerprint density at radius 2 is 1.78 bits per heavy atom. The highest BCUT2D eigenvalue weighted by Gasteiger charge is 2.44. The van der Waals surface area contributed by atoms with Crippen LogP contribution in [0.2, 0.25) is 0 Å². The lowest BCUT2D eigenvalue weighted by Crippen LogP contribution is -2.38. The summed E-state index contributed by atoms with van der Waals surface area (Å²) in [5.74, 6) is 1.74. The van der Waals surface area contributed by atoms with E-state index >= 15 is 0 Å². The first kappa shape index (κ1) is 19.3. The highest BCUT2D eigenvalue weighted by atomic mass is 32.3. The molecule has 4 nitrogen and oxygen atoms in total. The second-order valence-corrected chi connectivity index (χ2v) is 12.2. The van der Waals surface area contributed by atoms with Crippen molar-refractivity contribution >= 4 is 26.7 Å². The zero-order valence-electron chi connectivity index (χ0n) is 14.4. The largest absolute Gasteiger partial charge is 0.302 e. The first-order valence-electron chi connectivity index (χ1n) is 9.18. The summed E-state index contributed by atoms with van der Waals surface area (Å²) in [4.78, 5) is 11.4. The van der Waals surface area contributed by atoms with Crippen molar-refractivity contribution in [3.05, 3.63) is 0 Å². The Labute approximate surface area is 143 Å². The fraction of sp³-hybridized carbons (Fsp3) is 0.941. The quantitative estimate of drug-likeness (QED) is 0.606. The van der Waals surface area contributed by atoms with Crippen molar-refractivity contribution in [3.8, 4) is 0 Å². The van der Waals surface area contributed by atoms with E-state index in [-0.39, 0.29) is 5.75 Å². The topological polar surface area (TPSA) is 60.4 Å². The van der Waals surface area contributed by atoms with Crippen LogP contribution in [0.25, 0.3) is 0 Å². The number of rotatable bonds is 8. The minimum atomic E-state index is -3.52. The van der Waals surface area contributed by atoms with Gasteiger partial charge in [0.25, 0.3) is 10.1 Å². The van der Waals surface area contributed by atoms with E-state index in [4.69, 9.17) is 3.63 Å². The average molecular weight is 365 g/mol. The fourth-order valence-electron chi connectivity index (χ4n) is 4.15. The lowest BCUT2D eigenvalue weighted by atomic mass is 9.85. The molecule has 2 fully saturated rings. The molecular formula is C17H32O4S2. The van der Waals surface area contributed by atoms with E-state index in [1.807, 2.05) is 6.92 Å². The van der Waals surface area contributed by atoms with Gasteiger partial charge in [-0.1, -0.05) is 39.0 Å². The monoisotopic (exact) mass is 364 g/mol. The normalized spacial score (nSPS) is 33.0. The summed E-state index contributed by atoms with van der Waals surface area (Å²) in [5, 5.41) is 0.304. The molecule has 1 saturated heterocycles. The molecule has 1 aliphatic carbocycles. The Morgan fingerprint density at radius 3 is 2.43 bits per heavy atom. The third kappa shape index (κ3) is 5.20. The van der Waals surface area contributed by atoms with Crippen LogP contribution >= 0.6 is 10.3 Å². The minimum Gasteiger partial charge on any atom is -0.302 e. The van der Waals surface area contributed by atoms with E-state index < -0.39 is 20.4 Å². The Hall–Kier alpha value is -0.0700. The Kier molecular flexibility index (Phi) is 7.42. The third-order valence-electron chi connectivity index (χ3n) is 5.29. The molecule has 0 amide bonds. The van der Waals surface area contributed by atoms with E-state index in [2.05, 4.69) is 0 Å². The molecule has 2 rings (SSSR count). The van der Waals surface area contributed by atoms with E-state index in [9.17, 15) is 13.2 Å². The zero-order valence-corrected chi connectivity index (χ0v) is 16.0. The van der Waals surface area contributed by atoms with Crippen LogP contribution in [0.5, 0.6) is 0 Å². The van der Waals surface area contributed by atoms with Gasteiger partial charge in [0.05, 0.1) is 11.5 Å². The van der Waals surface area contributed by atoms with Crippen molar-refractivity contribution in [1.29, 1.82) is 0 Å². The summed E-state index contributed by atoms with van der Waals surface area (Å²) in [6.45, 7) is 1.98. The maximum atomic E-state index is 12.4. The molecule has 136 valence electrons. The van der Waals surface area contributed by atoms with Crippen molar-refractivity contribution in [3.63, 3.8) is 0 Å². The summed E-state index contributed by atoms with van der Waals surface area (Å²) in [7, 11) is -5.35. The molecule has 1 aliphatic heterocycles. The molecule has 0 spiro atoms. The van der Waals surface area contributed by atoms with Crippen molar-refractivity contribution < 1.29 is 16.8 Å². The summed E-state index contributed by atoms with van der Waals surface area (Å²) >= 11 is 0. The number of hydrogen-bond acceptors (Lipinski definition) is 4. The molecule has 2 atom stereocenters. The van der Waals surface area contributed by atoms with Gasteiger partial charge in [-0.2, -0.15) is 8.42 Å². The van der Waals surface area contributed by atoms with Crippen molar-refractivity contribution in [2.24, 2.45) is 5.92 Å². The second kappa shape index (κ2) is 8.86. The Balaban J connectivity index is 2.21. The third-order valence-corrected chi connectivity index (χ3v) is 11.4. The minimum absolute atomic E-state index is 0.0918. The molecule has 6 heteroatoms. The molecule has 23 heavy (non-hydrogen) atoms. The van der Waals surface area contributed by atoms with E-state index in [1.165, 1.54) is 32.1 Å². The standard InChI is InChI=1S/C17H32O4S2/c1-2-3-14-23(19,20)21-22(15-12-18)13-8-7-11-17(22)16-9-5-4-6-10-16/h12,16-17H,2-11,13-15H2,1H3. The van der Waals surface area contributed by atoms with Crippen molar-refractivity contribution in [1.82, 2.24) is 0 Å². The van der Waals surface area contributed by atoms with Crippen LogP contribution in [0.15, 0.2) is 0 Å². The van der Waals surface area contributed by atoms with Gasteiger partial charge in [0.2, 0.25) is 0 Å². The number of unbranched alkanes of at least 4 members (excludes halogenated alkanes) is 1. The lowest BCUT2D eigenvalue weighted by molar-refractivity contribution is -0.105. The molecule has 0 bridgehead atoms. The van der Waals surface area contributed by atoms with Crippen LogP contribution < -0.4 is 0 Å². The smallest absolute Gasteiger partial charge is 0.276 e. The van der Waals surface area contributed by atoms with Gasteiger partial charge in [0, 0.05) is 11.0 Å². The number of aldehydes is 1. The summed E-state index contributed by atoms with van der Waals surface area (Å²) in [6, 6.07) is 0. The SMILES string of the molecule is CCCCS(=O)(=O)OS1(CC=O)CCCCC1C1CCCCC1. The molecule has 0 aromatic carbocycles. The Bertz CT molecular complexity index is 471. The van der Waals surface area contributed by atoms with E-state index in [0.29, 0.717) is 23.3 Å². The van der Waals surface area contributed by atoms with Gasteiger partial charge in [-0.05, 0) is 38.0 Å². The van der Waals surface area contributed by atoms with Gasteiger partial charge in [-0.3, -0.25) is 0 Å². The number of hydrogen-bond donors (Lipinski definition) is 0. The number of carbonyl (C=O) groups excluding carboxylic acids is 1. The summed E-state index contributed by atoms with van der Waals surface area (Å²) < 4.78 is 30.8. The van der Waals surface area contributed by atoms with Crippen molar-refractivity contribution in [2.75, 3.05) is 17.3 Å². The highest BCUT2D eigenvalue weighted by molar-refractivity contribution is 8.33. The first-order chi connectivity index (χ1) is 11.0. The number of carbonyl (C=O) groups is 1. The molecule has 0 aromatic rings. The fourth-order valence-corrected chi connectivity index (χ4v) is 10.8. The Morgan fingerprint density at radius 1 is 1.09 bits per heavy atom. The van der Waals surface area contributed by atoms with Crippen LogP contribution in [0, 0.1) is 5.92 Å². The molecule has 2 aliphatic rings. The van der Waals surface area contributed by atoms with E-state index in [1.54, 1.807) is 0 Å². The molecule has 1 saturated carbocycles. The summed E-state index contributed by atoms with van der Waals surface area (Å²) in [5.41, 5.74) is 0. The highest BCUT2D eigenvalue weighted by Crippen LogP contribution is 2.62. The first-order valence-corrected chi connectivity index (χ1v) is 12.7. The second-order valence-electron chi connectivity index (χ2n) is 7.02. The van der Waals surface area contributed by atoms with Crippen LogP contribution in [0.3, 0.4) is 0 Å². The van der Waals surface area contributed by atoms with Crippen LogP contribution in [0.4, 0.5) is 0 Å². The summed E-state index contributed by atoms with van der Waals surface area (Å²) in [6.07, 6.45) is 11.7. The molecule has 0 N–H and O–H groups in total. The molecular weight excluding hydrogens is 332 g/mol. The van der Waals surface area contributed by atoms with Crippen LogP contribution in [-0.4, -0.2) is 37.2 Å². The lowest BCUT2D eigenvalue weighted by Gasteiger charge is -2.50. The average Bonchev–Trinajstić information content (AvgIpc) is 2.54.